The topological polar surface area (TPSA) is 104 Å². The lowest BCUT2D eigenvalue weighted by molar-refractivity contribution is -0.160. The fourth-order valence-corrected chi connectivity index (χ4v) is 7.67. The molecular formula is C28H34Cl2N2O5S. The molecule has 0 aromatic heterocycles. The van der Waals surface area contributed by atoms with Gasteiger partial charge in [0.05, 0.1) is 23.1 Å². The minimum Gasteiger partial charge on any atom is -0.481 e. The van der Waals surface area contributed by atoms with E-state index < -0.39 is 38.7 Å². The predicted molar refractivity (Wildman–Crippen MR) is 149 cm³/mol. The standard InChI is InChI=1S/C28H34Cl2N2O5S/c1-3-22(17-31-38(36,37)23-8-5-9-23)32-26(18-10-12-20(29)13-11-18)24(19-6-4-7-21(30)14-19)15-28(2,27(32)35)16-25(33)34/h4,6-7,10-14,22-24,26,31H,3,5,8-9,15-17H2,1-2H3,(H,33,34)/t22?,24-,26-,28-/m1/s1. The van der Waals surface area contributed by atoms with Crippen LogP contribution in [0, 0.1) is 5.41 Å². The Hall–Kier alpha value is -2.13. The number of amides is 1. The van der Waals surface area contributed by atoms with Crippen LogP contribution in [-0.4, -0.2) is 48.1 Å². The van der Waals surface area contributed by atoms with Gasteiger partial charge in [0.25, 0.3) is 0 Å². The maximum atomic E-state index is 14.2. The Balaban J connectivity index is 1.82. The van der Waals surface area contributed by atoms with Gasteiger partial charge in [0.2, 0.25) is 15.9 Å². The second-order valence-electron chi connectivity index (χ2n) is 10.7. The van der Waals surface area contributed by atoms with Crippen molar-refractivity contribution in [3.8, 4) is 0 Å². The van der Waals surface area contributed by atoms with Crippen LogP contribution in [0.25, 0.3) is 0 Å². The number of carbonyl (C=O) groups is 2. The molecule has 2 fully saturated rings. The Morgan fingerprint density at radius 3 is 2.37 bits per heavy atom. The SMILES string of the molecule is CCC(CNS(=O)(=O)C1CCC1)N1C(=O)[C@@](C)(CC(=O)O)C[C@H](c2cccc(Cl)c2)[C@H]1c1ccc(Cl)cc1. The minimum atomic E-state index is -3.51. The van der Waals surface area contributed by atoms with Crippen LogP contribution in [0.3, 0.4) is 0 Å². The van der Waals surface area contributed by atoms with Gasteiger partial charge in [0.1, 0.15) is 0 Å². The van der Waals surface area contributed by atoms with E-state index in [1.165, 1.54) is 0 Å². The first-order valence-corrected chi connectivity index (χ1v) is 15.3. The van der Waals surface area contributed by atoms with Crippen molar-refractivity contribution in [2.24, 2.45) is 5.41 Å². The van der Waals surface area contributed by atoms with Gasteiger partial charge in [-0.3, -0.25) is 9.59 Å². The Kier molecular flexibility index (Phi) is 8.77. The van der Waals surface area contributed by atoms with E-state index in [0.29, 0.717) is 35.7 Å². The van der Waals surface area contributed by atoms with E-state index in [1.54, 1.807) is 30.0 Å². The fourth-order valence-electron chi connectivity index (χ4n) is 5.73. The van der Waals surface area contributed by atoms with E-state index in [-0.39, 0.29) is 24.8 Å². The van der Waals surface area contributed by atoms with Crippen molar-refractivity contribution < 1.29 is 23.1 Å². The van der Waals surface area contributed by atoms with Gasteiger partial charge in [-0.25, -0.2) is 13.1 Å². The van der Waals surface area contributed by atoms with Crippen LogP contribution in [0.2, 0.25) is 10.0 Å². The molecule has 2 aromatic rings. The molecule has 1 saturated carbocycles. The van der Waals surface area contributed by atoms with Crippen molar-refractivity contribution in [1.82, 2.24) is 9.62 Å². The second kappa shape index (κ2) is 11.5. The third-order valence-electron chi connectivity index (χ3n) is 8.01. The predicted octanol–water partition coefficient (Wildman–Crippen LogP) is 5.78. The second-order valence-corrected chi connectivity index (χ2v) is 13.6. The van der Waals surface area contributed by atoms with Crippen LogP contribution < -0.4 is 4.72 Å². The Labute approximate surface area is 234 Å². The first-order chi connectivity index (χ1) is 17.9. The summed E-state index contributed by atoms with van der Waals surface area (Å²) in [4.78, 5) is 27.9. The van der Waals surface area contributed by atoms with E-state index in [0.717, 1.165) is 17.5 Å². The summed E-state index contributed by atoms with van der Waals surface area (Å²) in [5.41, 5.74) is 0.532. The van der Waals surface area contributed by atoms with Crippen molar-refractivity contribution in [3.63, 3.8) is 0 Å². The molecule has 38 heavy (non-hydrogen) atoms. The van der Waals surface area contributed by atoms with Gasteiger partial charge in [-0.1, -0.05) is 67.7 Å². The Morgan fingerprint density at radius 1 is 1.13 bits per heavy atom. The number of piperidine rings is 1. The summed E-state index contributed by atoms with van der Waals surface area (Å²) < 4.78 is 28.5. The summed E-state index contributed by atoms with van der Waals surface area (Å²) in [6.07, 6.45) is 2.60. The molecule has 1 unspecified atom stereocenters. The van der Waals surface area contributed by atoms with Gasteiger partial charge in [-0.05, 0) is 61.1 Å². The smallest absolute Gasteiger partial charge is 0.304 e. The molecule has 2 aliphatic rings. The molecule has 2 aromatic carbocycles. The van der Waals surface area contributed by atoms with Crippen molar-refractivity contribution in [2.75, 3.05) is 6.54 Å². The number of rotatable bonds is 10. The highest BCUT2D eigenvalue weighted by atomic mass is 35.5. The molecule has 10 heteroatoms. The summed E-state index contributed by atoms with van der Waals surface area (Å²) in [6, 6.07) is 13.7. The van der Waals surface area contributed by atoms with E-state index in [1.807, 2.05) is 37.3 Å². The number of carbonyl (C=O) groups excluding carboxylic acids is 1. The van der Waals surface area contributed by atoms with E-state index >= 15 is 0 Å². The van der Waals surface area contributed by atoms with Gasteiger partial charge in [-0.15, -0.1) is 0 Å². The number of likely N-dealkylation sites (tertiary alicyclic amines) is 1. The number of carboxylic acid groups (broad SMARTS) is 1. The molecule has 0 bridgehead atoms. The summed E-state index contributed by atoms with van der Waals surface area (Å²) >= 11 is 12.6. The van der Waals surface area contributed by atoms with Crippen LogP contribution in [0.5, 0.6) is 0 Å². The number of nitrogens with zero attached hydrogens (tertiary/aromatic N) is 1. The molecule has 1 heterocycles. The van der Waals surface area contributed by atoms with Crippen molar-refractivity contribution >= 4 is 45.1 Å². The number of nitrogens with one attached hydrogen (secondary N) is 1. The van der Waals surface area contributed by atoms with E-state index in [4.69, 9.17) is 23.2 Å². The third-order valence-corrected chi connectivity index (χ3v) is 10.4. The van der Waals surface area contributed by atoms with Gasteiger partial charge in [0.15, 0.2) is 0 Å². The number of carboxylic acids is 1. The quantitative estimate of drug-likeness (QED) is 0.370. The summed E-state index contributed by atoms with van der Waals surface area (Å²) in [6.45, 7) is 3.65. The summed E-state index contributed by atoms with van der Waals surface area (Å²) in [5, 5.41) is 10.4. The average molecular weight is 582 g/mol. The lowest BCUT2D eigenvalue weighted by Crippen LogP contribution is -2.58. The average Bonchev–Trinajstić information content (AvgIpc) is 2.80. The molecule has 1 saturated heterocycles. The van der Waals surface area contributed by atoms with Crippen LogP contribution >= 0.6 is 23.2 Å². The Morgan fingerprint density at radius 2 is 1.82 bits per heavy atom. The highest BCUT2D eigenvalue weighted by Gasteiger charge is 2.52. The van der Waals surface area contributed by atoms with Crippen molar-refractivity contribution in [1.29, 1.82) is 0 Å². The van der Waals surface area contributed by atoms with Gasteiger partial charge in [-0.2, -0.15) is 0 Å². The summed E-state index contributed by atoms with van der Waals surface area (Å²) in [7, 11) is -3.51. The number of hydrogen-bond donors (Lipinski definition) is 2. The molecule has 4 rings (SSSR count). The van der Waals surface area contributed by atoms with E-state index in [2.05, 4.69) is 4.72 Å². The Bertz CT molecular complexity index is 1280. The molecule has 0 spiro atoms. The number of benzene rings is 2. The fraction of sp³-hybridized carbons (Fsp3) is 0.500. The molecule has 4 atom stereocenters. The highest BCUT2D eigenvalue weighted by molar-refractivity contribution is 7.90. The largest absolute Gasteiger partial charge is 0.481 e. The molecule has 7 nitrogen and oxygen atoms in total. The van der Waals surface area contributed by atoms with Crippen molar-refractivity contribution in [3.05, 3.63) is 69.7 Å². The normalized spacial score (nSPS) is 25.2. The first kappa shape index (κ1) is 28.9. The maximum Gasteiger partial charge on any atom is 0.304 e. The van der Waals surface area contributed by atoms with Crippen molar-refractivity contribution in [2.45, 2.75) is 75.6 Å². The minimum absolute atomic E-state index is 0.0522. The van der Waals surface area contributed by atoms with Gasteiger partial charge < -0.3 is 10.0 Å². The molecule has 2 N–H and O–H groups in total. The van der Waals surface area contributed by atoms with Gasteiger partial charge in [0, 0.05) is 28.5 Å². The van der Waals surface area contributed by atoms with Crippen LogP contribution in [0.15, 0.2) is 48.5 Å². The van der Waals surface area contributed by atoms with Crippen LogP contribution in [-0.2, 0) is 19.6 Å². The van der Waals surface area contributed by atoms with Gasteiger partial charge >= 0.3 is 5.97 Å². The molecule has 1 amide bonds. The maximum absolute atomic E-state index is 14.2. The first-order valence-electron chi connectivity index (χ1n) is 13.0. The van der Waals surface area contributed by atoms with Crippen LogP contribution in [0.4, 0.5) is 0 Å². The number of sulfonamides is 1. The monoisotopic (exact) mass is 580 g/mol. The number of halogens is 2. The molecule has 0 radical (unpaired) electrons. The van der Waals surface area contributed by atoms with Crippen LogP contribution in [0.1, 0.15) is 75.5 Å². The molecule has 1 aliphatic carbocycles. The zero-order chi connectivity index (χ0) is 27.7. The zero-order valence-electron chi connectivity index (χ0n) is 21.6. The summed E-state index contributed by atoms with van der Waals surface area (Å²) in [5.74, 6) is -1.64. The third kappa shape index (κ3) is 6.03. The zero-order valence-corrected chi connectivity index (χ0v) is 23.9. The number of hydrogen-bond acceptors (Lipinski definition) is 4. The molecule has 1 aliphatic heterocycles. The van der Waals surface area contributed by atoms with E-state index in [9.17, 15) is 23.1 Å². The number of aliphatic carboxylic acids is 1. The molecule has 206 valence electrons. The lowest BCUT2D eigenvalue weighted by Gasteiger charge is -2.52. The highest BCUT2D eigenvalue weighted by Crippen LogP contribution is 2.52. The lowest BCUT2D eigenvalue weighted by atomic mass is 9.67. The molecular weight excluding hydrogens is 547 g/mol.